The van der Waals surface area contributed by atoms with Crippen LogP contribution in [0, 0.1) is 0 Å². The molecule has 1 fully saturated rings. The molecule has 0 bridgehead atoms. The second-order valence-corrected chi connectivity index (χ2v) is 7.11. The minimum atomic E-state index is -0.522. The zero-order valence-corrected chi connectivity index (χ0v) is 14.0. The van der Waals surface area contributed by atoms with E-state index in [9.17, 15) is 4.79 Å². The van der Waals surface area contributed by atoms with Gasteiger partial charge >= 0.3 is 6.09 Å². The minimum Gasteiger partial charge on any atom is -0.453 e. The van der Waals surface area contributed by atoms with Gasteiger partial charge in [-0.3, -0.25) is 4.90 Å². The van der Waals surface area contributed by atoms with Crippen LogP contribution in [0.2, 0.25) is 10.0 Å². The predicted octanol–water partition coefficient (Wildman–Crippen LogP) is 3.79. The van der Waals surface area contributed by atoms with Gasteiger partial charge in [-0.1, -0.05) is 23.2 Å². The molecule has 21 heavy (non-hydrogen) atoms. The number of carbonyl (C=O) groups excluding carboxylic acids is 1. The Labute approximate surface area is 135 Å². The van der Waals surface area contributed by atoms with E-state index in [4.69, 9.17) is 33.7 Å². The molecule has 0 atom stereocenters. The number of amides is 1. The summed E-state index contributed by atoms with van der Waals surface area (Å²) in [6, 6.07) is 5.37. The maximum absolute atomic E-state index is 12.2. The van der Waals surface area contributed by atoms with Gasteiger partial charge in [-0.15, -0.1) is 0 Å². The highest BCUT2D eigenvalue weighted by molar-refractivity contribution is 6.34. The molecule has 0 heterocycles. The Morgan fingerprint density at radius 3 is 2.24 bits per heavy atom. The van der Waals surface area contributed by atoms with E-state index in [0.29, 0.717) is 16.6 Å². The number of benzene rings is 1. The fraction of sp³-hybridized carbons (Fsp3) is 0.533. The summed E-state index contributed by atoms with van der Waals surface area (Å²) in [4.78, 5) is 13.9. The van der Waals surface area contributed by atoms with Gasteiger partial charge in [0.2, 0.25) is 0 Å². The summed E-state index contributed by atoms with van der Waals surface area (Å²) in [6.45, 7) is 4.15. The quantitative estimate of drug-likeness (QED) is 0.913. The van der Waals surface area contributed by atoms with Gasteiger partial charge in [-0.05, 0) is 50.5 Å². The van der Waals surface area contributed by atoms with Crippen molar-refractivity contribution in [3.05, 3.63) is 33.8 Å². The van der Waals surface area contributed by atoms with E-state index in [0.717, 1.165) is 18.4 Å². The third-order valence-electron chi connectivity index (χ3n) is 3.60. The Hall–Kier alpha value is -0.970. The molecule has 2 N–H and O–H groups in total. The average molecular weight is 331 g/mol. The summed E-state index contributed by atoms with van der Waals surface area (Å²) in [7, 11) is 1.37. The molecule has 1 saturated carbocycles. The maximum Gasteiger partial charge on any atom is 0.410 e. The molecular formula is C15H20Cl2N2O2. The van der Waals surface area contributed by atoms with E-state index in [-0.39, 0.29) is 6.09 Å². The van der Waals surface area contributed by atoms with Crippen LogP contribution in [0.25, 0.3) is 0 Å². The minimum absolute atomic E-state index is 0.387. The van der Waals surface area contributed by atoms with Crippen molar-refractivity contribution in [3.63, 3.8) is 0 Å². The molecule has 4 nitrogen and oxygen atoms in total. The van der Waals surface area contributed by atoms with Gasteiger partial charge < -0.3 is 10.5 Å². The van der Waals surface area contributed by atoms with Crippen LogP contribution in [0.15, 0.2) is 18.2 Å². The monoisotopic (exact) mass is 330 g/mol. The number of hydrogen-bond donors (Lipinski definition) is 1. The number of carbonyl (C=O) groups is 1. The van der Waals surface area contributed by atoms with Crippen LogP contribution in [-0.4, -0.2) is 30.2 Å². The lowest BCUT2D eigenvalue weighted by atomic mass is 9.99. The standard InChI is InChI=1S/C15H20Cl2N2O2/c1-14(2,18)9-19(13(20)21-3)15(4-5-15)10-6-11(16)8-12(17)7-10/h6-8H,4-5,9,18H2,1-3H3. The number of nitrogens with two attached hydrogens (primary N) is 1. The lowest BCUT2D eigenvalue weighted by Crippen LogP contribution is -2.51. The molecule has 0 unspecified atom stereocenters. The Balaban J connectivity index is 2.40. The second-order valence-electron chi connectivity index (χ2n) is 6.23. The summed E-state index contributed by atoms with van der Waals surface area (Å²) in [5, 5.41) is 1.11. The summed E-state index contributed by atoms with van der Waals surface area (Å²) in [5.41, 5.74) is 6.08. The van der Waals surface area contributed by atoms with Crippen molar-refractivity contribution in [3.8, 4) is 0 Å². The van der Waals surface area contributed by atoms with E-state index in [1.165, 1.54) is 7.11 Å². The van der Waals surface area contributed by atoms with Crippen LogP contribution in [-0.2, 0) is 10.3 Å². The van der Waals surface area contributed by atoms with Crippen LogP contribution in [0.1, 0.15) is 32.3 Å². The Kier molecular flexibility index (Phi) is 4.43. The lowest BCUT2D eigenvalue weighted by molar-refractivity contribution is 0.0868. The molecule has 0 aromatic heterocycles. The van der Waals surface area contributed by atoms with Gasteiger partial charge in [-0.2, -0.15) is 0 Å². The fourth-order valence-electron chi connectivity index (χ4n) is 2.56. The van der Waals surface area contributed by atoms with E-state index < -0.39 is 11.1 Å². The second kappa shape index (κ2) is 5.67. The van der Waals surface area contributed by atoms with Crippen LogP contribution < -0.4 is 5.73 Å². The highest BCUT2D eigenvalue weighted by atomic mass is 35.5. The van der Waals surface area contributed by atoms with Crippen molar-refractivity contribution in [1.29, 1.82) is 0 Å². The molecule has 1 aliphatic rings. The van der Waals surface area contributed by atoms with E-state index in [2.05, 4.69) is 0 Å². The smallest absolute Gasteiger partial charge is 0.410 e. The summed E-state index contributed by atoms with van der Waals surface area (Å²) in [6.07, 6.45) is 1.30. The van der Waals surface area contributed by atoms with Crippen LogP contribution in [0.5, 0.6) is 0 Å². The average Bonchev–Trinajstić information content (AvgIpc) is 3.14. The van der Waals surface area contributed by atoms with Crippen molar-refractivity contribution in [1.82, 2.24) is 4.90 Å². The molecule has 1 aromatic carbocycles. The summed E-state index contributed by atoms with van der Waals surface area (Å²) in [5.74, 6) is 0. The van der Waals surface area contributed by atoms with Crippen LogP contribution in [0.3, 0.4) is 0 Å². The van der Waals surface area contributed by atoms with Crippen LogP contribution in [0.4, 0.5) is 4.79 Å². The topological polar surface area (TPSA) is 55.6 Å². The molecule has 1 amide bonds. The van der Waals surface area contributed by atoms with E-state index in [1.54, 1.807) is 11.0 Å². The first-order chi connectivity index (χ1) is 9.68. The Morgan fingerprint density at radius 2 is 1.86 bits per heavy atom. The number of ether oxygens (including phenoxy) is 1. The van der Waals surface area contributed by atoms with Crippen molar-refractivity contribution >= 4 is 29.3 Å². The molecule has 0 spiro atoms. The largest absolute Gasteiger partial charge is 0.453 e. The first-order valence-electron chi connectivity index (χ1n) is 6.79. The molecule has 0 radical (unpaired) electrons. The maximum atomic E-state index is 12.2. The molecule has 116 valence electrons. The number of methoxy groups -OCH3 is 1. The Bertz CT molecular complexity index is 531. The van der Waals surface area contributed by atoms with Gasteiger partial charge in [0.25, 0.3) is 0 Å². The fourth-order valence-corrected chi connectivity index (χ4v) is 3.09. The third-order valence-corrected chi connectivity index (χ3v) is 4.04. The van der Waals surface area contributed by atoms with Gasteiger partial charge in [0, 0.05) is 22.1 Å². The highest BCUT2D eigenvalue weighted by Crippen LogP contribution is 2.52. The SMILES string of the molecule is COC(=O)N(CC(C)(C)N)C1(c2cc(Cl)cc(Cl)c2)CC1. The van der Waals surface area contributed by atoms with Crippen LogP contribution >= 0.6 is 23.2 Å². The van der Waals surface area contributed by atoms with E-state index >= 15 is 0 Å². The molecule has 6 heteroatoms. The molecule has 2 rings (SSSR count). The molecule has 1 aromatic rings. The predicted molar refractivity (Wildman–Crippen MR) is 84.8 cm³/mol. The lowest BCUT2D eigenvalue weighted by Gasteiger charge is -2.36. The van der Waals surface area contributed by atoms with Crippen molar-refractivity contribution < 1.29 is 9.53 Å². The Morgan fingerprint density at radius 1 is 1.33 bits per heavy atom. The normalized spacial score (nSPS) is 16.5. The first-order valence-corrected chi connectivity index (χ1v) is 7.55. The zero-order valence-electron chi connectivity index (χ0n) is 12.5. The molecule has 0 saturated heterocycles. The zero-order chi connectivity index (χ0) is 15.8. The summed E-state index contributed by atoms with van der Waals surface area (Å²) < 4.78 is 4.93. The highest BCUT2D eigenvalue weighted by Gasteiger charge is 2.53. The van der Waals surface area contributed by atoms with Gasteiger partial charge in [0.15, 0.2) is 0 Å². The number of nitrogens with zero attached hydrogens (tertiary/aromatic N) is 1. The van der Waals surface area contributed by atoms with Crippen molar-refractivity contribution in [2.75, 3.05) is 13.7 Å². The first kappa shape index (κ1) is 16.4. The van der Waals surface area contributed by atoms with Gasteiger partial charge in [0.1, 0.15) is 0 Å². The third kappa shape index (κ3) is 3.62. The molecule has 1 aliphatic carbocycles. The molecule has 0 aliphatic heterocycles. The van der Waals surface area contributed by atoms with Crippen molar-refractivity contribution in [2.45, 2.75) is 37.8 Å². The summed E-state index contributed by atoms with van der Waals surface area (Å²) >= 11 is 12.2. The number of halogens is 2. The molecular weight excluding hydrogens is 311 g/mol. The van der Waals surface area contributed by atoms with Gasteiger partial charge in [0.05, 0.1) is 12.6 Å². The van der Waals surface area contributed by atoms with Crippen molar-refractivity contribution in [2.24, 2.45) is 5.73 Å². The van der Waals surface area contributed by atoms with Gasteiger partial charge in [-0.25, -0.2) is 4.79 Å². The number of rotatable bonds is 4. The number of hydrogen-bond acceptors (Lipinski definition) is 3. The van der Waals surface area contributed by atoms with E-state index in [1.807, 2.05) is 26.0 Å².